The SMILES string of the molecule is COCCOc1ccc(C(=O)NNC(=O)c2ccc(OC)c(Br)c2)cc1. The first-order chi connectivity index (χ1) is 12.5. The fourth-order valence-corrected chi connectivity index (χ4v) is 2.55. The highest BCUT2D eigenvalue weighted by Crippen LogP contribution is 2.25. The van der Waals surface area contributed by atoms with Gasteiger partial charge in [-0.25, -0.2) is 0 Å². The van der Waals surface area contributed by atoms with Gasteiger partial charge in [0.05, 0.1) is 18.2 Å². The van der Waals surface area contributed by atoms with Gasteiger partial charge in [0.25, 0.3) is 11.8 Å². The van der Waals surface area contributed by atoms with Crippen molar-refractivity contribution in [2.45, 2.75) is 0 Å². The van der Waals surface area contributed by atoms with Crippen LogP contribution in [0, 0.1) is 0 Å². The second kappa shape index (κ2) is 9.79. The average molecular weight is 423 g/mol. The normalized spacial score (nSPS) is 10.1. The fourth-order valence-electron chi connectivity index (χ4n) is 2.01. The minimum Gasteiger partial charge on any atom is -0.496 e. The number of hydrazine groups is 1. The van der Waals surface area contributed by atoms with E-state index < -0.39 is 11.8 Å². The molecule has 8 heteroatoms. The van der Waals surface area contributed by atoms with Crippen LogP contribution in [-0.4, -0.2) is 39.2 Å². The zero-order chi connectivity index (χ0) is 18.9. The summed E-state index contributed by atoms with van der Waals surface area (Å²) in [6.45, 7) is 0.908. The number of methoxy groups -OCH3 is 2. The highest BCUT2D eigenvalue weighted by atomic mass is 79.9. The molecule has 0 saturated heterocycles. The van der Waals surface area contributed by atoms with Crippen molar-refractivity contribution in [3.05, 3.63) is 58.1 Å². The number of hydrogen-bond donors (Lipinski definition) is 2. The second-order valence-electron chi connectivity index (χ2n) is 5.12. The van der Waals surface area contributed by atoms with Gasteiger partial charge >= 0.3 is 0 Å². The van der Waals surface area contributed by atoms with Crippen LogP contribution in [0.2, 0.25) is 0 Å². The van der Waals surface area contributed by atoms with E-state index in [1.807, 2.05) is 0 Å². The van der Waals surface area contributed by atoms with Gasteiger partial charge in [0.1, 0.15) is 18.1 Å². The van der Waals surface area contributed by atoms with Crippen LogP contribution in [0.5, 0.6) is 11.5 Å². The predicted octanol–water partition coefficient (Wildman–Crippen LogP) is 2.56. The molecule has 0 radical (unpaired) electrons. The largest absolute Gasteiger partial charge is 0.496 e. The van der Waals surface area contributed by atoms with Gasteiger partial charge in [-0.2, -0.15) is 0 Å². The van der Waals surface area contributed by atoms with Crippen molar-refractivity contribution in [2.75, 3.05) is 27.4 Å². The first kappa shape index (κ1) is 19.7. The van der Waals surface area contributed by atoms with Crippen molar-refractivity contribution < 1.29 is 23.8 Å². The Bertz CT molecular complexity index is 765. The van der Waals surface area contributed by atoms with Gasteiger partial charge in [0, 0.05) is 18.2 Å². The molecular formula is C18H19BrN2O5. The smallest absolute Gasteiger partial charge is 0.269 e. The van der Waals surface area contributed by atoms with E-state index in [0.29, 0.717) is 40.3 Å². The Morgan fingerprint density at radius 2 is 1.54 bits per heavy atom. The summed E-state index contributed by atoms with van der Waals surface area (Å²) in [4.78, 5) is 24.2. The highest BCUT2D eigenvalue weighted by Gasteiger charge is 2.11. The van der Waals surface area contributed by atoms with E-state index in [1.54, 1.807) is 49.6 Å². The van der Waals surface area contributed by atoms with E-state index in [-0.39, 0.29) is 0 Å². The van der Waals surface area contributed by atoms with E-state index >= 15 is 0 Å². The Morgan fingerprint density at radius 3 is 2.12 bits per heavy atom. The molecule has 0 bridgehead atoms. The van der Waals surface area contributed by atoms with Crippen LogP contribution in [0.15, 0.2) is 46.9 Å². The third kappa shape index (κ3) is 5.47. The summed E-state index contributed by atoms with van der Waals surface area (Å²) in [5.74, 6) is 0.361. The molecule has 2 aromatic carbocycles. The van der Waals surface area contributed by atoms with Gasteiger partial charge in [-0.1, -0.05) is 0 Å². The standard InChI is InChI=1S/C18H19BrN2O5/c1-24-9-10-26-14-6-3-12(4-7-14)17(22)20-21-18(23)13-5-8-16(25-2)15(19)11-13/h3-8,11H,9-10H2,1-2H3,(H,20,22)(H,21,23). The molecule has 2 aromatic rings. The summed E-state index contributed by atoms with van der Waals surface area (Å²) in [5.41, 5.74) is 5.51. The lowest BCUT2D eigenvalue weighted by molar-refractivity contribution is 0.0846. The lowest BCUT2D eigenvalue weighted by atomic mass is 10.2. The van der Waals surface area contributed by atoms with E-state index in [9.17, 15) is 9.59 Å². The molecule has 0 aliphatic carbocycles. The number of nitrogens with one attached hydrogen (secondary N) is 2. The van der Waals surface area contributed by atoms with Crippen LogP contribution in [0.25, 0.3) is 0 Å². The van der Waals surface area contributed by atoms with Crippen LogP contribution < -0.4 is 20.3 Å². The molecule has 0 aliphatic rings. The molecule has 0 saturated carbocycles. The minimum atomic E-state index is -0.443. The minimum absolute atomic E-state index is 0.375. The first-order valence-corrected chi connectivity index (χ1v) is 8.50. The summed E-state index contributed by atoms with van der Waals surface area (Å²) >= 11 is 3.31. The number of hydrogen-bond acceptors (Lipinski definition) is 5. The Hall–Kier alpha value is -2.58. The molecule has 0 heterocycles. The number of amides is 2. The highest BCUT2D eigenvalue weighted by molar-refractivity contribution is 9.10. The van der Waals surface area contributed by atoms with E-state index in [1.165, 1.54) is 7.11 Å². The van der Waals surface area contributed by atoms with Crippen LogP contribution in [0.3, 0.4) is 0 Å². The third-order valence-electron chi connectivity index (χ3n) is 3.38. The number of ether oxygens (including phenoxy) is 3. The molecule has 0 fully saturated rings. The van der Waals surface area contributed by atoms with Crippen LogP contribution in [-0.2, 0) is 4.74 Å². The number of benzene rings is 2. The van der Waals surface area contributed by atoms with Gasteiger partial charge in [0.15, 0.2) is 0 Å². The predicted molar refractivity (Wildman–Crippen MR) is 99.4 cm³/mol. The number of carbonyl (C=O) groups is 2. The molecule has 2 amide bonds. The summed E-state index contributed by atoms with van der Waals surface area (Å²) < 4.78 is 16.1. The molecular weight excluding hydrogens is 404 g/mol. The molecule has 2 rings (SSSR count). The maximum absolute atomic E-state index is 12.1. The van der Waals surface area contributed by atoms with Crippen molar-refractivity contribution in [1.82, 2.24) is 10.9 Å². The van der Waals surface area contributed by atoms with Gasteiger partial charge in [-0.3, -0.25) is 20.4 Å². The topological polar surface area (TPSA) is 85.9 Å². The molecule has 0 unspecified atom stereocenters. The second-order valence-corrected chi connectivity index (χ2v) is 5.98. The maximum Gasteiger partial charge on any atom is 0.269 e. The zero-order valence-corrected chi connectivity index (χ0v) is 16.0. The van der Waals surface area contributed by atoms with Gasteiger partial charge in [-0.15, -0.1) is 0 Å². The quantitative estimate of drug-likeness (QED) is 0.528. The van der Waals surface area contributed by atoms with E-state index in [0.717, 1.165) is 0 Å². The Labute approximate surface area is 159 Å². The van der Waals surface area contributed by atoms with E-state index in [2.05, 4.69) is 26.8 Å². The molecule has 2 N–H and O–H groups in total. The van der Waals surface area contributed by atoms with Crippen molar-refractivity contribution in [3.63, 3.8) is 0 Å². The number of carbonyl (C=O) groups excluding carboxylic acids is 2. The summed E-state index contributed by atoms with van der Waals surface area (Å²) in [6.07, 6.45) is 0. The summed E-state index contributed by atoms with van der Waals surface area (Å²) in [7, 11) is 3.13. The Morgan fingerprint density at radius 1 is 0.923 bits per heavy atom. The molecule has 7 nitrogen and oxygen atoms in total. The fraction of sp³-hybridized carbons (Fsp3) is 0.222. The molecule has 0 spiro atoms. The lowest BCUT2D eigenvalue weighted by Crippen LogP contribution is -2.41. The molecule has 138 valence electrons. The van der Waals surface area contributed by atoms with Crippen molar-refractivity contribution in [1.29, 1.82) is 0 Å². The molecule has 0 aromatic heterocycles. The van der Waals surface area contributed by atoms with Crippen molar-refractivity contribution >= 4 is 27.7 Å². The number of rotatable bonds is 7. The monoisotopic (exact) mass is 422 g/mol. The molecule has 26 heavy (non-hydrogen) atoms. The number of halogens is 1. The third-order valence-corrected chi connectivity index (χ3v) is 4.00. The first-order valence-electron chi connectivity index (χ1n) is 7.71. The van der Waals surface area contributed by atoms with Crippen LogP contribution >= 0.6 is 15.9 Å². The van der Waals surface area contributed by atoms with Gasteiger partial charge in [-0.05, 0) is 58.4 Å². The van der Waals surface area contributed by atoms with Crippen molar-refractivity contribution in [3.8, 4) is 11.5 Å². The maximum atomic E-state index is 12.1. The van der Waals surface area contributed by atoms with Crippen LogP contribution in [0.4, 0.5) is 0 Å². The van der Waals surface area contributed by atoms with Crippen molar-refractivity contribution in [2.24, 2.45) is 0 Å². The van der Waals surface area contributed by atoms with Gasteiger partial charge in [0.2, 0.25) is 0 Å². The van der Waals surface area contributed by atoms with Crippen LogP contribution in [0.1, 0.15) is 20.7 Å². The Balaban J connectivity index is 1.89. The van der Waals surface area contributed by atoms with Gasteiger partial charge < -0.3 is 14.2 Å². The summed E-state index contributed by atoms with van der Waals surface area (Å²) in [5, 5.41) is 0. The lowest BCUT2D eigenvalue weighted by Gasteiger charge is -2.10. The molecule has 0 atom stereocenters. The zero-order valence-electron chi connectivity index (χ0n) is 14.4. The summed E-state index contributed by atoms with van der Waals surface area (Å²) in [6, 6.07) is 11.4. The Kier molecular flexibility index (Phi) is 7.43. The van der Waals surface area contributed by atoms with E-state index in [4.69, 9.17) is 14.2 Å². The average Bonchev–Trinajstić information content (AvgIpc) is 2.66. The molecule has 0 aliphatic heterocycles.